The van der Waals surface area contributed by atoms with Crippen molar-refractivity contribution in [1.29, 1.82) is 0 Å². The molecule has 4 rings (SSSR count). The first kappa shape index (κ1) is 18.4. The van der Waals surface area contributed by atoms with Crippen molar-refractivity contribution in [2.24, 2.45) is 0 Å². The topological polar surface area (TPSA) is 93.2 Å². The van der Waals surface area contributed by atoms with Gasteiger partial charge in [-0.25, -0.2) is 9.97 Å². The highest BCUT2D eigenvalue weighted by atomic mass is 16.5. The predicted molar refractivity (Wildman–Crippen MR) is 104 cm³/mol. The standard InChI is InChI=1S/C20H23N5O3/c1-11-7-14(27-4)5-6-15(11)17-18-19(24-23-17)21-8-16(22-18)20(26)25-9-12(2)28-13(3)10-25/h5-8,12-13H,9-10H2,1-4H3,(H,21,23,24)/t12-,13+. The Bertz CT molecular complexity index is 1020. The lowest BCUT2D eigenvalue weighted by molar-refractivity contribution is -0.0587. The van der Waals surface area contributed by atoms with E-state index in [4.69, 9.17) is 9.47 Å². The second kappa shape index (κ2) is 7.20. The molecule has 1 amide bonds. The summed E-state index contributed by atoms with van der Waals surface area (Å²) in [5.41, 5.74) is 4.05. The number of nitrogens with zero attached hydrogens (tertiary/aromatic N) is 4. The van der Waals surface area contributed by atoms with E-state index in [9.17, 15) is 4.79 Å². The van der Waals surface area contributed by atoms with Crippen LogP contribution in [-0.4, -0.2) is 63.4 Å². The molecule has 0 aliphatic carbocycles. The number of methoxy groups -OCH3 is 1. The Morgan fingerprint density at radius 2 is 2.04 bits per heavy atom. The SMILES string of the molecule is COc1ccc(-c2[nH]nc3ncc(C(=O)N4C[C@@H](C)O[C@@H](C)C4)nc23)c(C)c1. The average Bonchev–Trinajstić information content (AvgIpc) is 3.09. The van der Waals surface area contributed by atoms with Crippen LogP contribution in [0.2, 0.25) is 0 Å². The third-order valence-electron chi connectivity index (χ3n) is 4.89. The van der Waals surface area contributed by atoms with Gasteiger partial charge in [-0.05, 0) is 44.5 Å². The molecule has 146 valence electrons. The molecule has 2 aromatic heterocycles. The fourth-order valence-electron chi connectivity index (χ4n) is 3.63. The number of morpholine rings is 1. The zero-order chi connectivity index (χ0) is 19.8. The highest BCUT2D eigenvalue weighted by Crippen LogP contribution is 2.29. The Morgan fingerprint density at radius 1 is 1.29 bits per heavy atom. The number of aryl methyl sites for hydroxylation is 1. The summed E-state index contributed by atoms with van der Waals surface area (Å²) in [5, 5.41) is 7.25. The average molecular weight is 381 g/mol. The molecule has 1 saturated heterocycles. The van der Waals surface area contributed by atoms with Gasteiger partial charge in [-0.1, -0.05) is 0 Å². The first-order chi connectivity index (χ1) is 13.5. The first-order valence-corrected chi connectivity index (χ1v) is 9.27. The summed E-state index contributed by atoms with van der Waals surface area (Å²) in [7, 11) is 1.64. The van der Waals surface area contributed by atoms with E-state index in [1.165, 1.54) is 6.20 Å². The van der Waals surface area contributed by atoms with Crippen LogP contribution in [0.4, 0.5) is 0 Å². The second-order valence-electron chi connectivity index (χ2n) is 7.17. The molecule has 1 aliphatic rings. The lowest BCUT2D eigenvalue weighted by atomic mass is 10.0. The van der Waals surface area contributed by atoms with E-state index in [1.807, 2.05) is 39.0 Å². The summed E-state index contributed by atoms with van der Waals surface area (Å²) in [6.07, 6.45) is 1.48. The maximum Gasteiger partial charge on any atom is 0.274 e. The molecule has 3 aromatic rings. The number of hydrogen-bond donors (Lipinski definition) is 1. The van der Waals surface area contributed by atoms with Crippen LogP contribution in [0.5, 0.6) is 5.75 Å². The van der Waals surface area contributed by atoms with Crippen LogP contribution < -0.4 is 4.74 Å². The molecule has 2 atom stereocenters. The predicted octanol–water partition coefficient (Wildman–Crippen LogP) is 2.59. The Hall–Kier alpha value is -3.00. The lowest BCUT2D eigenvalue weighted by Crippen LogP contribution is -2.48. The maximum absolute atomic E-state index is 13.0. The van der Waals surface area contributed by atoms with E-state index in [0.29, 0.717) is 29.9 Å². The normalized spacial score (nSPS) is 19.8. The highest BCUT2D eigenvalue weighted by molar-refractivity contribution is 5.96. The summed E-state index contributed by atoms with van der Waals surface area (Å²) < 4.78 is 11.0. The van der Waals surface area contributed by atoms with Gasteiger partial charge >= 0.3 is 0 Å². The number of carbonyl (C=O) groups excluding carboxylic acids is 1. The molecule has 0 radical (unpaired) electrons. The van der Waals surface area contributed by atoms with E-state index in [0.717, 1.165) is 22.6 Å². The summed E-state index contributed by atoms with van der Waals surface area (Å²) in [4.78, 5) is 23.7. The molecule has 8 nitrogen and oxygen atoms in total. The highest BCUT2D eigenvalue weighted by Gasteiger charge is 2.28. The maximum atomic E-state index is 13.0. The van der Waals surface area contributed by atoms with Crippen molar-refractivity contribution in [3.05, 3.63) is 35.7 Å². The third kappa shape index (κ3) is 3.31. The number of benzene rings is 1. The molecular formula is C20H23N5O3. The molecule has 1 aliphatic heterocycles. The number of ether oxygens (including phenoxy) is 2. The Balaban J connectivity index is 1.71. The van der Waals surface area contributed by atoms with E-state index in [1.54, 1.807) is 12.0 Å². The first-order valence-electron chi connectivity index (χ1n) is 9.27. The molecule has 0 unspecified atom stereocenters. The van der Waals surface area contributed by atoms with Gasteiger partial charge in [0.05, 0.1) is 31.2 Å². The van der Waals surface area contributed by atoms with Gasteiger partial charge in [-0.2, -0.15) is 5.10 Å². The van der Waals surface area contributed by atoms with Gasteiger partial charge in [0.25, 0.3) is 5.91 Å². The number of nitrogens with one attached hydrogen (secondary N) is 1. The van der Waals surface area contributed by atoms with Crippen LogP contribution in [0, 0.1) is 6.92 Å². The number of rotatable bonds is 3. The van der Waals surface area contributed by atoms with Crippen molar-refractivity contribution < 1.29 is 14.3 Å². The van der Waals surface area contributed by atoms with Crippen LogP contribution >= 0.6 is 0 Å². The molecule has 0 bridgehead atoms. The van der Waals surface area contributed by atoms with Gasteiger partial charge in [0.2, 0.25) is 0 Å². The van der Waals surface area contributed by atoms with Gasteiger partial charge in [-0.3, -0.25) is 9.89 Å². The van der Waals surface area contributed by atoms with E-state index < -0.39 is 0 Å². The van der Waals surface area contributed by atoms with E-state index in [-0.39, 0.29) is 18.1 Å². The third-order valence-corrected chi connectivity index (χ3v) is 4.89. The van der Waals surface area contributed by atoms with Gasteiger partial charge in [0, 0.05) is 18.7 Å². The van der Waals surface area contributed by atoms with Crippen molar-refractivity contribution in [3.63, 3.8) is 0 Å². The molecule has 28 heavy (non-hydrogen) atoms. The monoisotopic (exact) mass is 381 g/mol. The second-order valence-corrected chi connectivity index (χ2v) is 7.17. The van der Waals surface area contributed by atoms with Crippen molar-refractivity contribution in [2.75, 3.05) is 20.2 Å². The van der Waals surface area contributed by atoms with E-state index >= 15 is 0 Å². The van der Waals surface area contributed by atoms with Crippen molar-refractivity contribution in [3.8, 4) is 17.0 Å². The van der Waals surface area contributed by atoms with Crippen LogP contribution in [0.1, 0.15) is 29.9 Å². The minimum atomic E-state index is -0.144. The zero-order valence-electron chi connectivity index (χ0n) is 16.4. The van der Waals surface area contributed by atoms with Crippen molar-refractivity contribution >= 4 is 17.1 Å². The number of H-pyrrole nitrogens is 1. The summed E-state index contributed by atoms with van der Waals surface area (Å²) in [6, 6.07) is 5.78. The van der Waals surface area contributed by atoms with E-state index in [2.05, 4.69) is 20.2 Å². The molecule has 1 fully saturated rings. The smallest absolute Gasteiger partial charge is 0.274 e. The van der Waals surface area contributed by atoms with Crippen LogP contribution in [0.3, 0.4) is 0 Å². The fraction of sp³-hybridized carbons (Fsp3) is 0.400. The molecule has 0 spiro atoms. The van der Waals surface area contributed by atoms with Gasteiger partial charge in [0.15, 0.2) is 5.65 Å². The lowest BCUT2D eigenvalue weighted by Gasteiger charge is -2.35. The summed E-state index contributed by atoms with van der Waals surface area (Å²) in [6.45, 7) is 7.00. The minimum Gasteiger partial charge on any atom is -0.497 e. The number of amides is 1. The number of carbonyl (C=O) groups is 1. The zero-order valence-corrected chi connectivity index (χ0v) is 16.4. The fourth-order valence-corrected chi connectivity index (χ4v) is 3.63. The molecule has 1 aromatic carbocycles. The molecule has 8 heteroatoms. The number of aromatic nitrogens is 4. The summed E-state index contributed by atoms with van der Waals surface area (Å²) in [5.74, 6) is 0.637. The van der Waals surface area contributed by atoms with Gasteiger partial charge < -0.3 is 14.4 Å². The Morgan fingerprint density at radius 3 is 2.71 bits per heavy atom. The van der Waals surface area contributed by atoms with Crippen molar-refractivity contribution in [2.45, 2.75) is 33.0 Å². The summed E-state index contributed by atoms with van der Waals surface area (Å²) >= 11 is 0. The Kier molecular flexibility index (Phi) is 4.72. The molecular weight excluding hydrogens is 358 g/mol. The quantitative estimate of drug-likeness (QED) is 0.750. The van der Waals surface area contributed by atoms with Gasteiger partial charge in [0.1, 0.15) is 17.0 Å². The van der Waals surface area contributed by atoms with Crippen LogP contribution in [0.15, 0.2) is 24.4 Å². The number of aromatic amines is 1. The van der Waals surface area contributed by atoms with Crippen LogP contribution in [-0.2, 0) is 4.74 Å². The number of hydrogen-bond acceptors (Lipinski definition) is 6. The van der Waals surface area contributed by atoms with Crippen LogP contribution in [0.25, 0.3) is 22.4 Å². The largest absolute Gasteiger partial charge is 0.497 e. The minimum absolute atomic E-state index is 0.00387. The molecule has 0 saturated carbocycles. The van der Waals surface area contributed by atoms with Gasteiger partial charge in [-0.15, -0.1) is 0 Å². The molecule has 3 heterocycles. The molecule has 1 N–H and O–H groups in total. The van der Waals surface area contributed by atoms with Crippen molar-refractivity contribution in [1.82, 2.24) is 25.1 Å². The number of fused-ring (bicyclic) bond motifs is 1. The Labute approximate surface area is 162 Å².